The van der Waals surface area contributed by atoms with Crippen LogP contribution in [0.4, 0.5) is 5.69 Å². The lowest BCUT2D eigenvalue weighted by Crippen LogP contribution is -2.14. The third kappa shape index (κ3) is 2.56. The van der Waals surface area contributed by atoms with Crippen LogP contribution < -0.4 is 5.73 Å². The van der Waals surface area contributed by atoms with E-state index in [2.05, 4.69) is 15.4 Å². The van der Waals surface area contributed by atoms with Crippen LogP contribution in [0.15, 0.2) is 6.20 Å². The molecule has 0 aliphatic carbocycles. The Hall–Kier alpha value is -2.38. The van der Waals surface area contributed by atoms with Gasteiger partial charge >= 0.3 is 5.97 Å². The van der Waals surface area contributed by atoms with Gasteiger partial charge in [-0.15, -0.1) is 5.10 Å². The Morgan fingerprint density at radius 3 is 2.84 bits per heavy atom. The Morgan fingerprint density at radius 2 is 2.26 bits per heavy atom. The first-order valence-electron chi connectivity index (χ1n) is 5.88. The molecule has 0 radical (unpaired) electrons. The Morgan fingerprint density at radius 1 is 1.53 bits per heavy atom. The number of hydrogen-bond donors (Lipinski definition) is 1. The molecule has 0 aromatic carbocycles. The zero-order chi connectivity index (χ0) is 14.0. The van der Waals surface area contributed by atoms with Crippen molar-refractivity contribution in [2.24, 2.45) is 7.05 Å². The quantitative estimate of drug-likeness (QED) is 0.796. The molecule has 102 valence electrons. The molecule has 2 heterocycles. The number of hydrogen-bond acceptors (Lipinski definition) is 6. The van der Waals surface area contributed by atoms with E-state index in [1.165, 1.54) is 9.36 Å². The fourth-order valence-corrected chi connectivity index (χ4v) is 1.71. The van der Waals surface area contributed by atoms with Gasteiger partial charge in [0.1, 0.15) is 12.3 Å². The predicted molar refractivity (Wildman–Crippen MR) is 67.2 cm³/mol. The molecule has 19 heavy (non-hydrogen) atoms. The van der Waals surface area contributed by atoms with Crippen molar-refractivity contribution in [3.63, 3.8) is 0 Å². The van der Waals surface area contributed by atoms with Crippen LogP contribution in [0.5, 0.6) is 0 Å². The number of rotatable bonds is 4. The second-order valence-corrected chi connectivity index (χ2v) is 4.12. The Kier molecular flexibility index (Phi) is 3.50. The summed E-state index contributed by atoms with van der Waals surface area (Å²) in [5.74, 6) is -0.509. The van der Waals surface area contributed by atoms with Gasteiger partial charge in [0.15, 0.2) is 5.69 Å². The summed E-state index contributed by atoms with van der Waals surface area (Å²) in [6.07, 6.45) is 1.68. The lowest BCUT2D eigenvalue weighted by atomic mass is 10.3. The second-order valence-electron chi connectivity index (χ2n) is 4.12. The van der Waals surface area contributed by atoms with E-state index in [0.29, 0.717) is 23.6 Å². The first-order chi connectivity index (χ1) is 9.02. The highest BCUT2D eigenvalue weighted by Crippen LogP contribution is 2.17. The Bertz CT molecular complexity index is 600. The number of nitrogens with zero attached hydrogens (tertiary/aromatic N) is 5. The van der Waals surface area contributed by atoms with E-state index in [1.54, 1.807) is 20.2 Å². The number of esters is 1. The molecule has 2 aromatic rings. The number of carbonyl (C=O) groups excluding carboxylic acids is 1. The zero-order valence-corrected chi connectivity index (χ0v) is 11.1. The number of aromatic nitrogens is 5. The number of nitrogen functional groups attached to an aromatic ring is 1. The van der Waals surface area contributed by atoms with Gasteiger partial charge in [-0.1, -0.05) is 5.21 Å². The molecule has 0 aliphatic heterocycles. The van der Waals surface area contributed by atoms with E-state index in [9.17, 15) is 4.79 Å². The van der Waals surface area contributed by atoms with E-state index < -0.39 is 5.97 Å². The molecular weight excluding hydrogens is 248 g/mol. The highest BCUT2D eigenvalue weighted by molar-refractivity contribution is 5.93. The highest BCUT2D eigenvalue weighted by Gasteiger charge is 2.20. The molecule has 2 N–H and O–H groups in total. The molecule has 8 heteroatoms. The fourth-order valence-electron chi connectivity index (χ4n) is 1.71. The predicted octanol–water partition coefficient (Wildman–Crippen LogP) is 0.279. The van der Waals surface area contributed by atoms with E-state index in [1.807, 2.05) is 6.92 Å². The van der Waals surface area contributed by atoms with Crippen LogP contribution in [0.25, 0.3) is 0 Å². The Balaban J connectivity index is 2.12. The van der Waals surface area contributed by atoms with Crippen LogP contribution in [-0.2, 0) is 24.9 Å². The summed E-state index contributed by atoms with van der Waals surface area (Å²) in [4.78, 5) is 12.0. The average molecular weight is 264 g/mol. The van der Waals surface area contributed by atoms with Gasteiger partial charge in [-0.25, -0.2) is 4.79 Å². The van der Waals surface area contributed by atoms with Crippen molar-refractivity contribution in [3.05, 3.63) is 23.3 Å². The summed E-state index contributed by atoms with van der Waals surface area (Å²) in [7, 11) is 1.74. The molecule has 0 atom stereocenters. The summed E-state index contributed by atoms with van der Waals surface area (Å²) < 4.78 is 8.24. The normalized spacial score (nSPS) is 10.7. The molecule has 0 unspecified atom stereocenters. The lowest BCUT2D eigenvalue weighted by Gasteiger charge is -2.05. The molecule has 0 bridgehead atoms. The van der Waals surface area contributed by atoms with Gasteiger partial charge in [-0.05, 0) is 13.8 Å². The third-order valence-electron chi connectivity index (χ3n) is 2.67. The largest absolute Gasteiger partial charge is 0.454 e. The van der Waals surface area contributed by atoms with Crippen molar-refractivity contribution < 1.29 is 9.53 Å². The van der Waals surface area contributed by atoms with Crippen molar-refractivity contribution >= 4 is 11.7 Å². The van der Waals surface area contributed by atoms with Gasteiger partial charge in [-0.3, -0.25) is 9.36 Å². The fraction of sp³-hybridized carbons (Fsp3) is 0.455. The van der Waals surface area contributed by atoms with E-state index in [0.717, 1.165) is 0 Å². The molecule has 2 rings (SSSR count). The van der Waals surface area contributed by atoms with Crippen LogP contribution >= 0.6 is 0 Å². The summed E-state index contributed by atoms with van der Waals surface area (Å²) in [5.41, 5.74) is 7.67. The third-order valence-corrected chi connectivity index (χ3v) is 2.67. The van der Waals surface area contributed by atoms with E-state index in [-0.39, 0.29) is 12.3 Å². The molecule has 0 fully saturated rings. The maximum absolute atomic E-state index is 12.0. The Labute approximate surface area is 110 Å². The zero-order valence-electron chi connectivity index (χ0n) is 11.1. The van der Waals surface area contributed by atoms with E-state index >= 15 is 0 Å². The van der Waals surface area contributed by atoms with Gasteiger partial charge in [0, 0.05) is 13.6 Å². The standard InChI is InChI=1S/C11H16N6O2/c1-4-17-10(9(12)7(2)14-17)11(18)19-6-8-5-16(3)15-13-8/h5H,4,6,12H2,1-3H3. The minimum absolute atomic E-state index is 0.0556. The monoisotopic (exact) mass is 264 g/mol. The lowest BCUT2D eigenvalue weighted by molar-refractivity contribution is 0.0454. The van der Waals surface area contributed by atoms with E-state index in [4.69, 9.17) is 10.5 Å². The molecule has 0 saturated carbocycles. The van der Waals surface area contributed by atoms with Crippen LogP contribution in [-0.4, -0.2) is 30.7 Å². The number of ether oxygens (including phenoxy) is 1. The average Bonchev–Trinajstić information content (AvgIpc) is 2.92. The molecule has 8 nitrogen and oxygen atoms in total. The number of carbonyl (C=O) groups is 1. The van der Waals surface area contributed by atoms with Crippen LogP contribution in [0, 0.1) is 6.92 Å². The van der Waals surface area contributed by atoms with Crippen LogP contribution in [0.2, 0.25) is 0 Å². The number of nitrogens with two attached hydrogens (primary N) is 1. The van der Waals surface area contributed by atoms with Crippen molar-refractivity contribution in [2.75, 3.05) is 5.73 Å². The van der Waals surface area contributed by atoms with Gasteiger partial charge < -0.3 is 10.5 Å². The number of anilines is 1. The first kappa shape index (κ1) is 13.1. The molecule has 0 amide bonds. The second kappa shape index (κ2) is 5.09. The highest BCUT2D eigenvalue weighted by atomic mass is 16.5. The summed E-state index contributed by atoms with van der Waals surface area (Å²) in [5, 5.41) is 11.8. The van der Waals surface area contributed by atoms with Gasteiger partial charge in [0.25, 0.3) is 0 Å². The summed E-state index contributed by atoms with van der Waals surface area (Å²) >= 11 is 0. The van der Waals surface area contributed by atoms with Crippen molar-refractivity contribution in [1.29, 1.82) is 0 Å². The topological polar surface area (TPSA) is 101 Å². The smallest absolute Gasteiger partial charge is 0.359 e. The maximum Gasteiger partial charge on any atom is 0.359 e. The van der Waals surface area contributed by atoms with Crippen molar-refractivity contribution in [1.82, 2.24) is 24.8 Å². The molecular formula is C11H16N6O2. The summed E-state index contributed by atoms with van der Waals surface area (Å²) in [6, 6.07) is 0. The minimum atomic E-state index is -0.509. The number of aryl methyl sites for hydroxylation is 3. The maximum atomic E-state index is 12.0. The van der Waals surface area contributed by atoms with Gasteiger partial charge in [0.05, 0.1) is 17.6 Å². The van der Waals surface area contributed by atoms with Crippen molar-refractivity contribution in [2.45, 2.75) is 27.0 Å². The molecule has 0 spiro atoms. The van der Waals surface area contributed by atoms with Crippen molar-refractivity contribution in [3.8, 4) is 0 Å². The van der Waals surface area contributed by atoms with Crippen LogP contribution in [0.1, 0.15) is 28.8 Å². The summed E-state index contributed by atoms with van der Waals surface area (Å²) in [6.45, 7) is 4.24. The minimum Gasteiger partial charge on any atom is -0.454 e. The molecule has 0 saturated heterocycles. The SMILES string of the molecule is CCn1nc(C)c(N)c1C(=O)OCc1cn(C)nn1. The molecule has 2 aromatic heterocycles. The van der Waals surface area contributed by atoms with Gasteiger partial charge in [0.2, 0.25) is 0 Å². The van der Waals surface area contributed by atoms with Gasteiger partial charge in [-0.2, -0.15) is 5.10 Å². The molecule has 0 aliphatic rings. The van der Waals surface area contributed by atoms with Crippen LogP contribution in [0.3, 0.4) is 0 Å². The first-order valence-corrected chi connectivity index (χ1v) is 5.88.